The van der Waals surface area contributed by atoms with Gasteiger partial charge in [0.1, 0.15) is 4.32 Å². The van der Waals surface area contributed by atoms with Gasteiger partial charge in [-0.2, -0.15) is 0 Å². The molecule has 0 unspecified atom stereocenters. The molecule has 4 heteroatoms. The lowest BCUT2D eigenvalue weighted by atomic mass is 10.1. The molecule has 1 heterocycles. The van der Waals surface area contributed by atoms with Crippen LogP contribution in [0.5, 0.6) is 0 Å². The predicted octanol–water partition coefficient (Wildman–Crippen LogP) is 2.95. The van der Waals surface area contributed by atoms with Crippen molar-refractivity contribution in [1.82, 2.24) is 10.3 Å². The summed E-state index contributed by atoms with van der Waals surface area (Å²) in [5, 5.41) is 4.52. The molecule has 0 saturated carbocycles. The molecule has 84 valence electrons. The summed E-state index contributed by atoms with van der Waals surface area (Å²) in [7, 11) is 0. The van der Waals surface area contributed by atoms with Gasteiger partial charge in [-0.3, -0.25) is 0 Å². The summed E-state index contributed by atoms with van der Waals surface area (Å²) in [6, 6.07) is 8.36. The number of fused-ring (bicyclic) bond motifs is 1. The zero-order valence-corrected chi connectivity index (χ0v) is 10.8. The second kappa shape index (κ2) is 5.37. The fourth-order valence-corrected chi connectivity index (χ4v) is 2.06. The predicted molar refractivity (Wildman–Crippen MR) is 76.1 cm³/mol. The molecule has 0 amide bonds. The molecule has 0 saturated heterocycles. The van der Waals surface area contributed by atoms with E-state index >= 15 is 0 Å². The smallest absolute Gasteiger partial charge is 0.133 e. The Kier molecular flexibility index (Phi) is 3.85. The molecule has 2 rings (SSSR count). The molecular formula is C12H14N2S2. The van der Waals surface area contributed by atoms with Crippen molar-refractivity contribution in [2.24, 2.45) is 0 Å². The molecule has 0 aliphatic rings. The Balaban J connectivity index is 2.02. The number of hydrogen-bond donors (Lipinski definition) is 2. The quantitative estimate of drug-likeness (QED) is 0.820. The largest absolute Gasteiger partial charge is 0.371 e. The third kappa shape index (κ3) is 2.57. The van der Waals surface area contributed by atoms with Gasteiger partial charge in [-0.05, 0) is 24.3 Å². The molecule has 0 fully saturated rings. The number of benzene rings is 1. The van der Waals surface area contributed by atoms with Crippen molar-refractivity contribution >= 4 is 39.2 Å². The van der Waals surface area contributed by atoms with E-state index in [1.54, 1.807) is 11.8 Å². The second-order valence-electron chi connectivity index (χ2n) is 3.53. The highest BCUT2D eigenvalue weighted by atomic mass is 32.2. The summed E-state index contributed by atoms with van der Waals surface area (Å²) in [6.07, 6.45) is 5.06. The van der Waals surface area contributed by atoms with E-state index in [2.05, 4.69) is 34.7 Å². The van der Waals surface area contributed by atoms with Crippen molar-refractivity contribution < 1.29 is 0 Å². The summed E-state index contributed by atoms with van der Waals surface area (Å²) in [5.74, 6) is 0. The maximum absolute atomic E-state index is 5.09. The second-order valence-corrected chi connectivity index (χ2v) is 5.01. The van der Waals surface area contributed by atoms with Gasteiger partial charge >= 0.3 is 0 Å². The first-order valence-electron chi connectivity index (χ1n) is 5.18. The topological polar surface area (TPSA) is 27.8 Å². The summed E-state index contributed by atoms with van der Waals surface area (Å²) >= 11 is 6.67. The van der Waals surface area contributed by atoms with Crippen molar-refractivity contribution in [3.8, 4) is 0 Å². The molecule has 2 nitrogen and oxygen atoms in total. The molecule has 2 aromatic rings. The highest BCUT2D eigenvalue weighted by Crippen LogP contribution is 2.17. The van der Waals surface area contributed by atoms with Gasteiger partial charge in [-0.25, -0.2) is 0 Å². The molecule has 0 radical (unpaired) electrons. The van der Waals surface area contributed by atoms with Crippen LogP contribution >= 0.6 is 24.0 Å². The van der Waals surface area contributed by atoms with Gasteiger partial charge in [0.25, 0.3) is 0 Å². The van der Waals surface area contributed by atoms with Gasteiger partial charge < -0.3 is 10.3 Å². The number of H-pyrrole nitrogens is 1. The summed E-state index contributed by atoms with van der Waals surface area (Å²) in [6.45, 7) is 0.890. The number of para-hydroxylation sites is 1. The lowest BCUT2D eigenvalue weighted by Crippen LogP contribution is -2.20. The SMILES string of the molecule is CSC(=S)NCCc1c[nH]c2ccccc12. The van der Waals surface area contributed by atoms with Crippen LogP contribution in [-0.4, -0.2) is 22.1 Å². The van der Waals surface area contributed by atoms with Crippen LogP contribution in [0.4, 0.5) is 0 Å². The Morgan fingerprint density at radius 1 is 1.44 bits per heavy atom. The van der Waals surface area contributed by atoms with E-state index < -0.39 is 0 Å². The van der Waals surface area contributed by atoms with Gasteiger partial charge in [0.15, 0.2) is 0 Å². The van der Waals surface area contributed by atoms with E-state index in [4.69, 9.17) is 12.2 Å². The van der Waals surface area contributed by atoms with E-state index in [1.165, 1.54) is 16.5 Å². The fourth-order valence-electron chi connectivity index (χ4n) is 1.71. The third-order valence-electron chi connectivity index (χ3n) is 2.52. The standard InChI is InChI=1S/C12H14N2S2/c1-16-12(15)13-7-6-9-8-14-11-5-3-2-4-10(9)11/h2-5,8,14H,6-7H2,1H3,(H,13,15). The van der Waals surface area contributed by atoms with Crippen molar-refractivity contribution in [2.45, 2.75) is 6.42 Å². The summed E-state index contributed by atoms with van der Waals surface area (Å²) in [5.41, 5.74) is 2.54. The fraction of sp³-hybridized carbons (Fsp3) is 0.250. The Morgan fingerprint density at radius 3 is 3.06 bits per heavy atom. The van der Waals surface area contributed by atoms with E-state index in [1.807, 2.05) is 12.3 Å². The van der Waals surface area contributed by atoms with Crippen LogP contribution in [0.2, 0.25) is 0 Å². The molecule has 0 spiro atoms. The van der Waals surface area contributed by atoms with Crippen LogP contribution in [0.1, 0.15) is 5.56 Å². The first-order chi connectivity index (χ1) is 7.81. The van der Waals surface area contributed by atoms with Crippen LogP contribution < -0.4 is 5.32 Å². The van der Waals surface area contributed by atoms with Crippen LogP contribution in [0, 0.1) is 0 Å². The van der Waals surface area contributed by atoms with Crippen molar-refractivity contribution in [2.75, 3.05) is 12.8 Å². The van der Waals surface area contributed by atoms with Crippen molar-refractivity contribution in [3.63, 3.8) is 0 Å². The first kappa shape index (κ1) is 11.5. The molecular weight excluding hydrogens is 236 g/mol. The zero-order valence-electron chi connectivity index (χ0n) is 9.12. The summed E-state index contributed by atoms with van der Waals surface area (Å²) in [4.78, 5) is 3.27. The number of thiocarbonyl (C=S) groups is 1. The minimum absolute atomic E-state index is 0.861. The van der Waals surface area contributed by atoms with Gasteiger partial charge in [-0.15, -0.1) is 11.8 Å². The Hall–Kier alpha value is -1.00. The minimum atomic E-state index is 0.861. The van der Waals surface area contributed by atoms with Gasteiger partial charge in [-0.1, -0.05) is 30.4 Å². The van der Waals surface area contributed by atoms with Gasteiger partial charge in [0.2, 0.25) is 0 Å². The zero-order chi connectivity index (χ0) is 11.4. The van der Waals surface area contributed by atoms with Gasteiger partial charge in [0.05, 0.1) is 0 Å². The maximum atomic E-state index is 5.09. The van der Waals surface area contributed by atoms with E-state index in [0.29, 0.717) is 0 Å². The molecule has 0 atom stereocenters. The Bertz CT molecular complexity index is 490. The molecule has 0 bridgehead atoms. The lowest BCUT2D eigenvalue weighted by Gasteiger charge is -2.04. The highest BCUT2D eigenvalue weighted by molar-refractivity contribution is 8.22. The number of aromatic nitrogens is 1. The van der Waals surface area contributed by atoms with E-state index in [-0.39, 0.29) is 0 Å². The Labute approximate surface area is 105 Å². The number of hydrogen-bond acceptors (Lipinski definition) is 2. The van der Waals surface area contributed by atoms with E-state index in [0.717, 1.165) is 17.3 Å². The molecule has 0 aliphatic heterocycles. The lowest BCUT2D eigenvalue weighted by molar-refractivity contribution is 0.887. The average molecular weight is 250 g/mol. The van der Waals surface area contributed by atoms with Crippen LogP contribution in [0.3, 0.4) is 0 Å². The third-order valence-corrected chi connectivity index (χ3v) is 3.68. The van der Waals surface area contributed by atoms with E-state index in [9.17, 15) is 0 Å². The molecule has 1 aromatic heterocycles. The van der Waals surface area contributed by atoms with Crippen LogP contribution in [-0.2, 0) is 6.42 Å². The average Bonchev–Trinajstić information content (AvgIpc) is 2.73. The van der Waals surface area contributed by atoms with Gasteiger partial charge in [0, 0.05) is 23.6 Å². The number of thioether (sulfide) groups is 1. The van der Waals surface area contributed by atoms with Crippen LogP contribution in [0.25, 0.3) is 10.9 Å². The number of rotatable bonds is 3. The normalized spacial score (nSPS) is 10.6. The molecule has 1 aromatic carbocycles. The molecule has 2 N–H and O–H groups in total. The minimum Gasteiger partial charge on any atom is -0.371 e. The molecule has 0 aliphatic carbocycles. The summed E-state index contributed by atoms with van der Waals surface area (Å²) < 4.78 is 0.861. The maximum Gasteiger partial charge on any atom is 0.133 e. The molecule has 16 heavy (non-hydrogen) atoms. The number of aromatic amines is 1. The first-order valence-corrected chi connectivity index (χ1v) is 6.81. The van der Waals surface area contributed by atoms with Crippen LogP contribution in [0.15, 0.2) is 30.5 Å². The highest BCUT2D eigenvalue weighted by Gasteiger charge is 2.02. The monoisotopic (exact) mass is 250 g/mol. The Morgan fingerprint density at radius 2 is 2.25 bits per heavy atom. The number of nitrogens with one attached hydrogen (secondary N) is 2. The van der Waals surface area contributed by atoms with Crippen molar-refractivity contribution in [1.29, 1.82) is 0 Å². The van der Waals surface area contributed by atoms with Crippen molar-refractivity contribution in [3.05, 3.63) is 36.0 Å².